The summed E-state index contributed by atoms with van der Waals surface area (Å²) in [5.41, 5.74) is 2.76. The maximum Gasteiger partial charge on any atom is 0.318 e. The van der Waals surface area contributed by atoms with Gasteiger partial charge in [-0.1, -0.05) is 17.2 Å². The van der Waals surface area contributed by atoms with Crippen LogP contribution >= 0.6 is 0 Å². The van der Waals surface area contributed by atoms with Gasteiger partial charge in [-0.2, -0.15) is 0 Å². The van der Waals surface area contributed by atoms with Gasteiger partial charge in [-0.15, -0.1) is 5.10 Å². The first-order chi connectivity index (χ1) is 13.8. The number of nitrogens with zero attached hydrogens (tertiary/aromatic N) is 4. The van der Waals surface area contributed by atoms with Gasteiger partial charge in [-0.3, -0.25) is 0 Å². The Labute approximate surface area is 162 Å². The molecule has 0 spiro atoms. The minimum Gasteiger partial charge on any atom is -0.453 e. The predicted octanol–water partition coefficient (Wildman–Crippen LogP) is 3.87. The van der Waals surface area contributed by atoms with Gasteiger partial charge in [0, 0.05) is 37.8 Å². The van der Waals surface area contributed by atoms with E-state index in [2.05, 4.69) is 25.3 Å². The highest BCUT2D eigenvalue weighted by atomic mass is 16.5. The number of anilines is 3. The molecule has 1 N–H and O–H groups in total. The molecule has 5 heterocycles. The number of ether oxygens (including phenoxy) is 1. The third kappa shape index (κ3) is 2.62. The second-order valence-corrected chi connectivity index (χ2v) is 7.59. The van der Waals surface area contributed by atoms with Crippen LogP contribution < -0.4 is 15.0 Å². The van der Waals surface area contributed by atoms with Crippen LogP contribution in [0.1, 0.15) is 12.8 Å². The third-order valence-electron chi connectivity index (χ3n) is 5.92. The van der Waals surface area contributed by atoms with Crippen molar-refractivity contribution < 1.29 is 9.15 Å². The van der Waals surface area contributed by atoms with Crippen molar-refractivity contribution in [2.75, 3.05) is 36.4 Å². The van der Waals surface area contributed by atoms with Gasteiger partial charge in [0.2, 0.25) is 5.89 Å². The average Bonchev–Trinajstić information content (AvgIpc) is 3.04. The van der Waals surface area contributed by atoms with Crippen LogP contribution in [0.2, 0.25) is 0 Å². The molecule has 0 aliphatic carbocycles. The minimum absolute atomic E-state index is 0.500. The summed E-state index contributed by atoms with van der Waals surface area (Å²) in [6.45, 7) is 4.34. The molecule has 3 saturated heterocycles. The van der Waals surface area contributed by atoms with E-state index in [0.717, 1.165) is 54.4 Å². The van der Waals surface area contributed by atoms with E-state index in [1.807, 2.05) is 42.5 Å². The summed E-state index contributed by atoms with van der Waals surface area (Å²) >= 11 is 0. The lowest BCUT2D eigenvalue weighted by molar-refractivity contribution is 0.249. The molecule has 28 heavy (non-hydrogen) atoms. The molecular weight excluding hydrogens is 354 g/mol. The van der Waals surface area contributed by atoms with Crippen molar-refractivity contribution in [2.45, 2.75) is 18.9 Å². The standard InChI is InChI=1S/C21H21N5O2/c1-2-4-18-16(3-1)22-17-6-5-14(13-19(17)27-18)20-23-24-21(28-20)26-12-11-25-9-7-15(26)8-10-25/h1-6,13,15,22H,7-12H2. The lowest BCUT2D eigenvalue weighted by Gasteiger charge is -2.29. The second kappa shape index (κ2) is 6.24. The lowest BCUT2D eigenvalue weighted by atomic mass is 10.1. The fourth-order valence-electron chi connectivity index (χ4n) is 4.35. The summed E-state index contributed by atoms with van der Waals surface area (Å²) in [4.78, 5) is 4.80. The van der Waals surface area contributed by atoms with E-state index in [0.29, 0.717) is 17.9 Å². The van der Waals surface area contributed by atoms with Crippen LogP contribution in [0.4, 0.5) is 17.4 Å². The van der Waals surface area contributed by atoms with Crippen LogP contribution in [0.5, 0.6) is 11.5 Å². The molecule has 0 atom stereocenters. The molecule has 2 aromatic carbocycles. The Balaban J connectivity index is 1.29. The minimum atomic E-state index is 0.500. The van der Waals surface area contributed by atoms with Crippen molar-refractivity contribution in [1.82, 2.24) is 15.1 Å². The molecule has 4 aliphatic heterocycles. The third-order valence-corrected chi connectivity index (χ3v) is 5.92. The van der Waals surface area contributed by atoms with E-state index in [4.69, 9.17) is 9.15 Å². The van der Waals surface area contributed by atoms with E-state index in [9.17, 15) is 0 Å². The molecule has 4 aliphatic rings. The average molecular weight is 375 g/mol. The largest absolute Gasteiger partial charge is 0.453 e. The monoisotopic (exact) mass is 375 g/mol. The van der Waals surface area contributed by atoms with Crippen LogP contribution in [-0.2, 0) is 0 Å². The quantitative estimate of drug-likeness (QED) is 0.570. The number of rotatable bonds is 2. The van der Waals surface area contributed by atoms with Crippen LogP contribution in [0.3, 0.4) is 0 Å². The smallest absolute Gasteiger partial charge is 0.318 e. The van der Waals surface area contributed by atoms with Crippen molar-refractivity contribution in [1.29, 1.82) is 0 Å². The Morgan fingerprint density at radius 3 is 2.68 bits per heavy atom. The van der Waals surface area contributed by atoms with Gasteiger partial charge in [0.05, 0.1) is 11.4 Å². The molecule has 3 fully saturated rings. The number of hydrogen-bond donors (Lipinski definition) is 1. The van der Waals surface area contributed by atoms with Gasteiger partial charge in [0.25, 0.3) is 0 Å². The van der Waals surface area contributed by atoms with Crippen molar-refractivity contribution in [3.63, 3.8) is 0 Å². The Morgan fingerprint density at radius 1 is 0.893 bits per heavy atom. The second-order valence-electron chi connectivity index (χ2n) is 7.59. The molecular formula is C21H21N5O2. The number of benzene rings is 2. The Hall–Kier alpha value is -3.06. The van der Waals surface area contributed by atoms with Crippen LogP contribution in [0, 0.1) is 0 Å². The number of piperidine rings is 1. The maximum absolute atomic E-state index is 6.09. The Kier molecular flexibility index (Phi) is 3.55. The molecule has 7 rings (SSSR count). The van der Waals surface area contributed by atoms with Crippen molar-refractivity contribution in [2.24, 2.45) is 0 Å². The fraction of sp³-hybridized carbons (Fsp3) is 0.333. The molecule has 0 unspecified atom stereocenters. The molecule has 0 amide bonds. The first-order valence-electron chi connectivity index (χ1n) is 9.84. The summed E-state index contributed by atoms with van der Waals surface area (Å²) in [5, 5.41) is 12.1. The highest BCUT2D eigenvalue weighted by Crippen LogP contribution is 2.43. The number of nitrogens with one attached hydrogen (secondary N) is 1. The lowest BCUT2D eigenvalue weighted by Crippen LogP contribution is -2.38. The van der Waals surface area contributed by atoms with E-state index in [1.54, 1.807) is 0 Å². The Morgan fingerprint density at radius 2 is 1.75 bits per heavy atom. The van der Waals surface area contributed by atoms with Crippen molar-refractivity contribution >= 4 is 17.4 Å². The van der Waals surface area contributed by atoms with Crippen molar-refractivity contribution in [3.8, 4) is 23.0 Å². The first kappa shape index (κ1) is 15.9. The van der Waals surface area contributed by atoms with Crippen molar-refractivity contribution in [3.05, 3.63) is 42.5 Å². The molecule has 7 nitrogen and oxygen atoms in total. The topological polar surface area (TPSA) is 66.7 Å². The summed E-state index contributed by atoms with van der Waals surface area (Å²) in [5.74, 6) is 2.10. The van der Waals surface area contributed by atoms with Gasteiger partial charge in [-0.25, -0.2) is 0 Å². The van der Waals surface area contributed by atoms with E-state index in [-0.39, 0.29) is 0 Å². The number of hydrogen-bond acceptors (Lipinski definition) is 7. The van der Waals surface area contributed by atoms with Crippen LogP contribution in [0.15, 0.2) is 46.9 Å². The molecule has 7 heteroatoms. The molecule has 2 bridgehead atoms. The normalized spacial score (nSPS) is 22.6. The predicted molar refractivity (Wildman–Crippen MR) is 106 cm³/mol. The van der Waals surface area contributed by atoms with Crippen LogP contribution in [-0.4, -0.2) is 47.3 Å². The van der Waals surface area contributed by atoms with Gasteiger partial charge in [-0.05, 0) is 43.2 Å². The number of fused-ring (bicyclic) bond motifs is 6. The molecule has 142 valence electrons. The summed E-state index contributed by atoms with van der Waals surface area (Å²) in [6.07, 6.45) is 2.32. The van der Waals surface area contributed by atoms with Crippen LogP contribution in [0.25, 0.3) is 11.5 Å². The van der Waals surface area contributed by atoms with Gasteiger partial charge < -0.3 is 24.3 Å². The highest BCUT2D eigenvalue weighted by molar-refractivity contribution is 5.77. The molecule has 0 radical (unpaired) electrons. The first-order valence-corrected chi connectivity index (χ1v) is 9.84. The highest BCUT2D eigenvalue weighted by Gasteiger charge is 2.32. The summed E-state index contributed by atoms with van der Waals surface area (Å²) in [6, 6.07) is 15.0. The SMILES string of the molecule is c1ccc2c(c1)Nc1ccc(-c3nnc(N4CCN5CCC4CC5)o3)cc1O2. The zero-order chi connectivity index (χ0) is 18.5. The van der Waals surface area contributed by atoms with Gasteiger partial charge >= 0.3 is 6.01 Å². The summed E-state index contributed by atoms with van der Waals surface area (Å²) < 4.78 is 12.1. The van der Waals surface area contributed by atoms with Gasteiger partial charge in [0.1, 0.15) is 0 Å². The van der Waals surface area contributed by atoms with E-state index >= 15 is 0 Å². The molecule has 1 aromatic heterocycles. The molecule has 3 aromatic rings. The van der Waals surface area contributed by atoms with E-state index in [1.165, 1.54) is 13.1 Å². The zero-order valence-corrected chi connectivity index (χ0v) is 15.5. The number of aromatic nitrogens is 2. The zero-order valence-electron chi connectivity index (χ0n) is 15.5. The molecule has 0 saturated carbocycles. The van der Waals surface area contributed by atoms with Gasteiger partial charge in [0.15, 0.2) is 11.5 Å². The maximum atomic E-state index is 6.09. The van der Waals surface area contributed by atoms with E-state index < -0.39 is 0 Å². The summed E-state index contributed by atoms with van der Waals surface area (Å²) in [7, 11) is 0. The fourth-order valence-corrected chi connectivity index (χ4v) is 4.35. The Bertz CT molecular complexity index is 1030. The number of para-hydroxylation sites is 2.